The van der Waals surface area contributed by atoms with E-state index < -0.39 is 0 Å². The molecule has 3 heterocycles. The van der Waals surface area contributed by atoms with E-state index in [0.717, 1.165) is 42.2 Å². The van der Waals surface area contributed by atoms with Crippen molar-refractivity contribution in [2.45, 2.75) is 52.2 Å². The lowest BCUT2D eigenvalue weighted by Crippen LogP contribution is -2.38. The van der Waals surface area contributed by atoms with E-state index >= 15 is 0 Å². The summed E-state index contributed by atoms with van der Waals surface area (Å²) in [5, 5.41) is 7.74. The van der Waals surface area contributed by atoms with Gasteiger partial charge in [-0.05, 0) is 35.1 Å². The minimum absolute atomic E-state index is 0.0612. The fourth-order valence-corrected chi connectivity index (χ4v) is 5.10. The summed E-state index contributed by atoms with van der Waals surface area (Å²) in [6, 6.07) is 8.57. The molecular formula is C21H27N3OS. The van der Waals surface area contributed by atoms with Crippen molar-refractivity contribution in [3.63, 3.8) is 0 Å². The predicted molar refractivity (Wildman–Crippen MR) is 108 cm³/mol. The standard InChI is InChI=1S/C21H27N3OS/c1-5-24-11-10-15-16(12-24)26-20-17(15)19(25)22-18(23-20)13-6-8-14(9-7-13)21(2,3)4/h6-9,18,23H,5,10-12H2,1-4H3,(H,22,25)/t18-/m1/s1. The molecule has 0 radical (unpaired) electrons. The molecule has 2 aliphatic rings. The van der Waals surface area contributed by atoms with Crippen LogP contribution < -0.4 is 10.6 Å². The molecule has 1 aromatic carbocycles. The minimum Gasteiger partial charge on any atom is -0.353 e. The molecule has 0 saturated carbocycles. The first kappa shape index (κ1) is 17.6. The van der Waals surface area contributed by atoms with Crippen LogP contribution in [0.2, 0.25) is 0 Å². The molecule has 1 amide bonds. The highest BCUT2D eigenvalue weighted by molar-refractivity contribution is 7.16. The number of fused-ring (bicyclic) bond motifs is 3. The van der Waals surface area contributed by atoms with E-state index in [9.17, 15) is 4.79 Å². The molecule has 0 fully saturated rings. The fraction of sp³-hybridized carbons (Fsp3) is 0.476. The third-order valence-electron chi connectivity index (χ3n) is 5.47. The summed E-state index contributed by atoms with van der Waals surface area (Å²) in [6.07, 6.45) is 0.807. The number of amides is 1. The summed E-state index contributed by atoms with van der Waals surface area (Å²) in [5.41, 5.74) is 4.66. The molecule has 2 aromatic rings. The second kappa shape index (κ2) is 6.39. The molecule has 0 aliphatic carbocycles. The number of benzene rings is 1. The zero-order valence-corrected chi connectivity index (χ0v) is 16.8. The number of likely N-dealkylation sites (N-methyl/N-ethyl adjacent to an activating group) is 1. The Bertz CT molecular complexity index is 832. The first-order valence-corrected chi connectivity index (χ1v) is 10.2. The lowest BCUT2D eigenvalue weighted by molar-refractivity contribution is 0.0934. The number of carbonyl (C=O) groups excluding carboxylic acids is 1. The van der Waals surface area contributed by atoms with E-state index in [1.807, 2.05) is 0 Å². The van der Waals surface area contributed by atoms with Gasteiger partial charge in [0.15, 0.2) is 0 Å². The van der Waals surface area contributed by atoms with Gasteiger partial charge in [0.2, 0.25) is 0 Å². The van der Waals surface area contributed by atoms with Crippen LogP contribution >= 0.6 is 11.3 Å². The predicted octanol–water partition coefficient (Wildman–Crippen LogP) is 4.28. The summed E-state index contributed by atoms with van der Waals surface area (Å²) >= 11 is 1.75. The number of nitrogens with one attached hydrogen (secondary N) is 2. The van der Waals surface area contributed by atoms with Gasteiger partial charge in [-0.3, -0.25) is 9.69 Å². The Balaban J connectivity index is 1.61. The van der Waals surface area contributed by atoms with Crippen LogP contribution in [-0.2, 0) is 18.4 Å². The van der Waals surface area contributed by atoms with E-state index in [2.05, 4.69) is 67.5 Å². The lowest BCUT2D eigenvalue weighted by Gasteiger charge is -2.28. The Morgan fingerprint density at radius 1 is 1.19 bits per heavy atom. The summed E-state index contributed by atoms with van der Waals surface area (Å²) in [7, 11) is 0. The molecule has 1 aromatic heterocycles. The first-order valence-electron chi connectivity index (χ1n) is 9.41. The Morgan fingerprint density at radius 3 is 2.58 bits per heavy atom. The number of hydrogen-bond donors (Lipinski definition) is 2. The molecule has 2 N–H and O–H groups in total. The maximum atomic E-state index is 12.8. The molecule has 0 spiro atoms. The zero-order valence-electron chi connectivity index (χ0n) is 16.0. The Hall–Kier alpha value is -1.85. The Kier molecular flexibility index (Phi) is 4.32. The molecule has 4 nitrogen and oxygen atoms in total. The molecule has 5 heteroatoms. The van der Waals surface area contributed by atoms with Crippen molar-refractivity contribution in [1.29, 1.82) is 0 Å². The van der Waals surface area contributed by atoms with Crippen LogP contribution in [0.25, 0.3) is 0 Å². The number of rotatable bonds is 2. The van der Waals surface area contributed by atoms with Crippen LogP contribution in [0.5, 0.6) is 0 Å². The van der Waals surface area contributed by atoms with Crippen LogP contribution in [0.3, 0.4) is 0 Å². The summed E-state index contributed by atoms with van der Waals surface area (Å²) in [6.45, 7) is 11.9. The van der Waals surface area contributed by atoms with E-state index in [0.29, 0.717) is 0 Å². The van der Waals surface area contributed by atoms with Gasteiger partial charge >= 0.3 is 0 Å². The molecule has 4 rings (SSSR count). The average Bonchev–Trinajstić information content (AvgIpc) is 2.98. The molecule has 1 atom stereocenters. The summed E-state index contributed by atoms with van der Waals surface area (Å²) in [5.74, 6) is 0.0612. The average molecular weight is 370 g/mol. The molecule has 2 aliphatic heterocycles. The minimum atomic E-state index is -0.161. The molecule has 26 heavy (non-hydrogen) atoms. The number of anilines is 1. The van der Waals surface area contributed by atoms with Crippen molar-refractivity contribution in [2.75, 3.05) is 18.4 Å². The van der Waals surface area contributed by atoms with Gasteiger partial charge in [0.1, 0.15) is 11.2 Å². The Morgan fingerprint density at radius 2 is 1.92 bits per heavy atom. The molecule has 0 saturated heterocycles. The third-order valence-corrected chi connectivity index (χ3v) is 6.62. The van der Waals surface area contributed by atoms with E-state index in [1.54, 1.807) is 11.3 Å². The van der Waals surface area contributed by atoms with Crippen molar-refractivity contribution in [1.82, 2.24) is 10.2 Å². The van der Waals surface area contributed by atoms with E-state index in [-0.39, 0.29) is 17.5 Å². The van der Waals surface area contributed by atoms with Gasteiger partial charge in [0, 0.05) is 18.0 Å². The van der Waals surface area contributed by atoms with Crippen LogP contribution in [0.15, 0.2) is 24.3 Å². The van der Waals surface area contributed by atoms with Crippen LogP contribution in [0, 0.1) is 0 Å². The normalized spacial score (nSPS) is 20.2. The lowest BCUT2D eigenvalue weighted by atomic mass is 9.86. The summed E-state index contributed by atoms with van der Waals surface area (Å²) in [4.78, 5) is 16.6. The smallest absolute Gasteiger partial charge is 0.256 e. The van der Waals surface area contributed by atoms with Gasteiger partial charge in [0.05, 0.1) is 5.56 Å². The number of carbonyl (C=O) groups is 1. The third kappa shape index (κ3) is 3.03. The highest BCUT2D eigenvalue weighted by Crippen LogP contribution is 2.40. The maximum Gasteiger partial charge on any atom is 0.256 e. The van der Waals surface area contributed by atoms with Crippen molar-refractivity contribution >= 4 is 22.2 Å². The largest absolute Gasteiger partial charge is 0.353 e. The number of hydrogen-bond acceptors (Lipinski definition) is 4. The summed E-state index contributed by atoms with van der Waals surface area (Å²) < 4.78 is 0. The van der Waals surface area contributed by atoms with Gasteiger partial charge in [-0.1, -0.05) is 52.0 Å². The SMILES string of the molecule is CCN1CCc2c(sc3c2C(=O)N[C@@H](c2ccc(C(C)(C)C)cc2)N3)C1. The highest BCUT2D eigenvalue weighted by Gasteiger charge is 2.33. The van der Waals surface area contributed by atoms with Gasteiger partial charge in [-0.25, -0.2) is 0 Å². The number of nitrogens with zero attached hydrogens (tertiary/aromatic N) is 1. The van der Waals surface area contributed by atoms with Crippen molar-refractivity contribution in [3.8, 4) is 0 Å². The zero-order chi connectivity index (χ0) is 18.5. The van der Waals surface area contributed by atoms with Gasteiger partial charge < -0.3 is 10.6 Å². The highest BCUT2D eigenvalue weighted by atomic mass is 32.1. The van der Waals surface area contributed by atoms with E-state index in [4.69, 9.17) is 0 Å². The van der Waals surface area contributed by atoms with Gasteiger partial charge in [0.25, 0.3) is 5.91 Å². The van der Waals surface area contributed by atoms with Crippen molar-refractivity contribution < 1.29 is 4.79 Å². The van der Waals surface area contributed by atoms with Crippen molar-refractivity contribution in [2.24, 2.45) is 0 Å². The van der Waals surface area contributed by atoms with Gasteiger partial charge in [-0.15, -0.1) is 11.3 Å². The topological polar surface area (TPSA) is 44.4 Å². The maximum absolute atomic E-state index is 12.8. The van der Waals surface area contributed by atoms with Crippen molar-refractivity contribution in [3.05, 3.63) is 51.4 Å². The first-order chi connectivity index (χ1) is 12.4. The molecular weight excluding hydrogens is 342 g/mol. The monoisotopic (exact) mass is 369 g/mol. The molecule has 0 unspecified atom stereocenters. The van der Waals surface area contributed by atoms with E-state index in [1.165, 1.54) is 16.0 Å². The quantitative estimate of drug-likeness (QED) is 0.830. The number of thiophene rings is 1. The Labute approximate surface area is 159 Å². The fourth-order valence-electron chi connectivity index (χ4n) is 3.78. The van der Waals surface area contributed by atoms with Crippen LogP contribution in [-0.4, -0.2) is 23.9 Å². The second-order valence-electron chi connectivity index (χ2n) is 8.25. The van der Waals surface area contributed by atoms with Crippen LogP contribution in [0.1, 0.15) is 65.8 Å². The molecule has 0 bridgehead atoms. The van der Waals surface area contributed by atoms with Crippen LogP contribution in [0.4, 0.5) is 5.00 Å². The molecule has 138 valence electrons. The van der Waals surface area contributed by atoms with Gasteiger partial charge in [-0.2, -0.15) is 0 Å². The second-order valence-corrected chi connectivity index (χ2v) is 9.35.